The second-order valence-electron chi connectivity index (χ2n) is 6.23. The van der Waals surface area contributed by atoms with Gasteiger partial charge in [-0.3, -0.25) is 14.8 Å². The molecule has 26 heavy (non-hydrogen) atoms. The minimum atomic E-state index is -0.577. The Balaban J connectivity index is 1.81. The lowest BCUT2D eigenvalue weighted by atomic mass is 9.94. The summed E-state index contributed by atoms with van der Waals surface area (Å²) in [5, 5.41) is 11.7. The van der Waals surface area contributed by atoms with Crippen molar-refractivity contribution in [2.24, 2.45) is 5.92 Å². The zero-order valence-corrected chi connectivity index (χ0v) is 15.1. The molecule has 0 aliphatic heterocycles. The molecule has 7 nitrogen and oxygen atoms in total. The van der Waals surface area contributed by atoms with Crippen LogP contribution in [0.15, 0.2) is 42.5 Å². The first kappa shape index (κ1) is 18.0. The first-order chi connectivity index (χ1) is 12.5. The van der Waals surface area contributed by atoms with Gasteiger partial charge in [0.1, 0.15) is 11.0 Å². The number of nitrogens with zero attached hydrogens (tertiary/aromatic N) is 2. The molecule has 0 spiro atoms. The zero-order chi connectivity index (χ0) is 18.7. The van der Waals surface area contributed by atoms with E-state index < -0.39 is 5.91 Å². The molecular formula is C18H18N4O3S. The molecule has 8 heteroatoms. The van der Waals surface area contributed by atoms with E-state index in [1.54, 1.807) is 47.9 Å². The van der Waals surface area contributed by atoms with E-state index in [1.165, 1.54) is 0 Å². The minimum Gasteiger partial charge on any atom is -0.345 e. The van der Waals surface area contributed by atoms with Crippen molar-refractivity contribution in [3.63, 3.8) is 0 Å². The molecule has 0 fully saturated rings. The van der Waals surface area contributed by atoms with Crippen molar-refractivity contribution in [3.8, 4) is 0 Å². The van der Waals surface area contributed by atoms with E-state index in [4.69, 9.17) is 5.21 Å². The van der Waals surface area contributed by atoms with Crippen LogP contribution in [0, 0.1) is 5.92 Å². The first-order valence-electron chi connectivity index (χ1n) is 8.07. The molecule has 0 aliphatic rings. The lowest BCUT2D eigenvalue weighted by Crippen LogP contribution is -2.31. The van der Waals surface area contributed by atoms with E-state index in [2.05, 4.69) is 14.1 Å². The van der Waals surface area contributed by atoms with Gasteiger partial charge in [0.25, 0.3) is 11.8 Å². The predicted molar refractivity (Wildman–Crippen MR) is 98.2 cm³/mol. The van der Waals surface area contributed by atoms with Gasteiger partial charge in [-0.25, -0.2) is 5.48 Å². The van der Waals surface area contributed by atoms with Gasteiger partial charge in [0.15, 0.2) is 0 Å². The topological polar surface area (TPSA) is 104 Å². The van der Waals surface area contributed by atoms with Gasteiger partial charge in [0.05, 0.1) is 17.8 Å². The van der Waals surface area contributed by atoms with Crippen LogP contribution in [0.3, 0.4) is 0 Å². The maximum Gasteiger partial charge on any atom is 0.274 e. The van der Waals surface area contributed by atoms with Crippen LogP contribution in [0.2, 0.25) is 0 Å². The van der Waals surface area contributed by atoms with Crippen LogP contribution in [-0.4, -0.2) is 25.8 Å². The largest absolute Gasteiger partial charge is 0.345 e. The summed E-state index contributed by atoms with van der Waals surface area (Å²) in [7, 11) is 0. The van der Waals surface area contributed by atoms with Crippen LogP contribution in [-0.2, 0) is 0 Å². The fourth-order valence-corrected chi connectivity index (χ4v) is 3.21. The summed E-state index contributed by atoms with van der Waals surface area (Å²) >= 11 is 1.11. The van der Waals surface area contributed by atoms with Gasteiger partial charge in [-0.15, -0.1) is 0 Å². The summed E-state index contributed by atoms with van der Waals surface area (Å²) in [5.41, 5.74) is 4.80. The Morgan fingerprint density at radius 2 is 1.62 bits per heavy atom. The highest BCUT2D eigenvalue weighted by atomic mass is 32.1. The van der Waals surface area contributed by atoms with E-state index >= 15 is 0 Å². The standard InChI is InChI=1S/C18H18N4O3S/c1-10(2)16(11-3-5-12(6-4-11)18(24)20-25)19-17(23)13-7-8-14-15(9-13)22-26-21-14/h3-10,16,25H,1-2H3,(H,19,23)(H,20,24). The summed E-state index contributed by atoms with van der Waals surface area (Å²) in [6.07, 6.45) is 0. The number of nitrogens with one attached hydrogen (secondary N) is 2. The molecule has 0 aliphatic carbocycles. The lowest BCUT2D eigenvalue weighted by Gasteiger charge is -2.23. The predicted octanol–water partition coefficient (Wildman–Crippen LogP) is 2.94. The Hall–Kier alpha value is -2.84. The SMILES string of the molecule is CC(C)C(NC(=O)c1ccc2nsnc2c1)c1ccc(C(=O)NO)cc1. The number of hydroxylamine groups is 1. The summed E-state index contributed by atoms with van der Waals surface area (Å²) in [4.78, 5) is 24.1. The zero-order valence-electron chi connectivity index (χ0n) is 14.3. The van der Waals surface area contributed by atoms with Crippen molar-refractivity contribution < 1.29 is 14.8 Å². The maximum atomic E-state index is 12.7. The van der Waals surface area contributed by atoms with Crippen LogP contribution < -0.4 is 10.8 Å². The number of amides is 2. The molecule has 0 bridgehead atoms. The normalized spacial score (nSPS) is 12.2. The van der Waals surface area contributed by atoms with Gasteiger partial charge in [0, 0.05) is 11.1 Å². The van der Waals surface area contributed by atoms with E-state index in [0.717, 1.165) is 22.8 Å². The monoisotopic (exact) mass is 370 g/mol. The van der Waals surface area contributed by atoms with Crippen molar-refractivity contribution in [1.29, 1.82) is 0 Å². The highest BCUT2D eigenvalue weighted by molar-refractivity contribution is 7.00. The molecule has 1 aromatic heterocycles. The number of carbonyl (C=O) groups is 2. The summed E-state index contributed by atoms with van der Waals surface area (Å²) < 4.78 is 8.29. The number of carbonyl (C=O) groups excluding carboxylic acids is 2. The molecule has 0 radical (unpaired) electrons. The van der Waals surface area contributed by atoms with Gasteiger partial charge in [-0.05, 0) is 41.8 Å². The van der Waals surface area contributed by atoms with Crippen molar-refractivity contribution in [1.82, 2.24) is 19.5 Å². The van der Waals surface area contributed by atoms with Crippen molar-refractivity contribution in [3.05, 3.63) is 59.2 Å². The number of fused-ring (bicyclic) bond motifs is 1. The molecule has 3 rings (SSSR count). The second-order valence-corrected chi connectivity index (χ2v) is 6.75. The molecule has 1 unspecified atom stereocenters. The minimum absolute atomic E-state index is 0.140. The Labute approximate surface area is 154 Å². The summed E-state index contributed by atoms with van der Waals surface area (Å²) in [6, 6.07) is 11.8. The Kier molecular flexibility index (Phi) is 5.24. The van der Waals surface area contributed by atoms with E-state index in [1.807, 2.05) is 13.8 Å². The van der Waals surface area contributed by atoms with Gasteiger partial charge in [0.2, 0.25) is 0 Å². The van der Waals surface area contributed by atoms with Gasteiger partial charge in [-0.1, -0.05) is 26.0 Å². The van der Waals surface area contributed by atoms with Gasteiger partial charge < -0.3 is 5.32 Å². The molecule has 2 aromatic carbocycles. The van der Waals surface area contributed by atoms with E-state index in [0.29, 0.717) is 16.6 Å². The van der Waals surface area contributed by atoms with Crippen molar-refractivity contribution in [2.75, 3.05) is 0 Å². The quantitative estimate of drug-likeness (QED) is 0.473. The highest BCUT2D eigenvalue weighted by Gasteiger charge is 2.20. The third-order valence-electron chi connectivity index (χ3n) is 4.10. The molecule has 0 saturated heterocycles. The molecule has 3 N–H and O–H groups in total. The third-order valence-corrected chi connectivity index (χ3v) is 4.66. The Bertz CT molecular complexity index is 937. The molecule has 0 saturated carbocycles. The summed E-state index contributed by atoms with van der Waals surface area (Å²) in [6.45, 7) is 4.01. The molecule has 1 atom stereocenters. The Morgan fingerprint density at radius 1 is 0.962 bits per heavy atom. The number of aromatic nitrogens is 2. The van der Waals surface area contributed by atoms with Crippen molar-refractivity contribution in [2.45, 2.75) is 19.9 Å². The van der Waals surface area contributed by atoms with Crippen LogP contribution in [0.1, 0.15) is 46.2 Å². The van der Waals surface area contributed by atoms with Gasteiger partial charge in [-0.2, -0.15) is 8.75 Å². The molecule has 134 valence electrons. The number of hydrogen-bond donors (Lipinski definition) is 3. The first-order valence-corrected chi connectivity index (χ1v) is 8.80. The lowest BCUT2D eigenvalue weighted by molar-refractivity contribution is 0.0706. The van der Waals surface area contributed by atoms with Crippen LogP contribution >= 0.6 is 11.7 Å². The van der Waals surface area contributed by atoms with Gasteiger partial charge >= 0.3 is 0 Å². The molecule has 2 amide bonds. The average Bonchev–Trinajstić information content (AvgIpc) is 3.13. The van der Waals surface area contributed by atoms with Crippen LogP contribution in [0.4, 0.5) is 0 Å². The fraction of sp³-hybridized carbons (Fsp3) is 0.222. The van der Waals surface area contributed by atoms with E-state index in [9.17, 15) is 9.59 Å². The highest BCUT2D eigenvalue weighted by Crippen LogP contribution is 2.23. The fourth-order valence-electron chi connectivity index (χ4n) is 2.69. The smallest absolute Gasteiger partial charge is 0.274 e. The summed E-state index contributed by atoms with van der Waals surface area (Å²) in [5.74, 6) is -0.635. The average molecular weight is 370 g/mol. The molecule has 3 aromatic rings. The third kappa shape index (κ3) is 3.71. The second kappa shape index (κ2) is 7.59. The number of hydrogen-bond acceptors (Lipinski definition) is 6. The Morgan fingerprint density at radius 3 is 2.27 bits per heavy atom. The van der Waals surface area contributed by atoms with Crippen LogP contribution in [0.5, 0.6) is 0 Å². The maximum absolute atomic E-state index is 12.7. The molecule has 1 heterocycles. The van der Waals surface area contributed by atoms with Crippen molar-refractivity contribution >= 4 is 34.6 Å². The van der Waals surface area contributed by atoms with E-state index in [-0.39, 0.29) is 17.9 Å². The number of rotatable bonds is 5. The number of benzene rings is 2. The van der Waals surface area contributed by atoms with Crippen LogP contribution in [0.25, 0.3) is 11.0 Å². The molecular weight excluding hydrogens is 352 g/mol.